The lowest BCUT2D eigenvalue weighted by Gasteiger charge is -2.36. The number of aromatic nitrogens is 1. The zero-order valence-electron chi connectivity index (χ0n) is 11.3. The van der Waals surface area contributed by atoms with Crippen LogP contribution in [0.25, 0.3) is 0 Å². The number of ether oxygens (including phenoxy) is 1. The minimum Gasteiger partial charge on any atom is -0.375 e. The molecule has 3 N–H and O–H groups in total. The van der Waals surface area contributed by atoms with Crippen LogP contribution in [0.2, 0.25) is 5.02 Å². The first-order valence-corrected chi connectivity index (χ1v) is 8.61. The van der Waals surface area contributed by atoms with Crippen LogP contribution in [0, 0.1) is 0 Å². The number of rotatable bonds is 3. The summed E-state index contributed by atoms with van der Waals surface area (Å²) in [4.78, 5) is 4.02. The van der Waals surface area contributed by atoms with E-state index in [1.807, 2.05) is 0 Å². The normalized spacial score (nSPS) is 26.6. The molecule has 0 amide bonds. The minimum atomic E-state index is -3.63. The maximum atomic E-state index is 12.8. The molecule has 2 aliphatic rings. The van der Waals surface area contributed by atoms with Gasteiger partial charge in [-0.3, -0.25) is 0 Å². The number of hydrogen-bond acceptors (Lipinski definition) is 6. The van der Waals surface area contributed by atoms with Crippen molar-refractivity contribution in [3.05, 3.63) is 17.3 Å². The molecule has 0 bridgehead atoms. The van der Waals surface area contributed by atoms with Gasteiger partial charge in [-0.25, -0.2) is 19.2 Å². The SMILES string of the molecule is NNc1ncc(S(=O)(=O)N2CCOC3CCCC32)cc1Cl. The van der Waals surface area contributed by atoms with Crippen LogP contribution in [-0.4, -0.2) is 43.0 Å². The number of nitrogens with one attached hydrogen (secondary N) is 1. The Kier molecular flexibility index (Phi) is 4.06. The molecule has 0 spiro atoms. The summed E-state index contributed by atoms with van der Waals surface area (Å²) in [5.74, 6) is 5.50. The maximum absolute atomic E-state index is 12.8. The number of morpholine rings is 1. The minimum absolute atomic E-state index is 0.00179. The molecule has 0 aromatic carbocycles. The van der Waals surface area contributed by atoms with E-state index in [0.717, 1.165) is 19.3 Å². The van der Waals surface area contributed by atoms with Gasteiger partial charge in [0.25, 0.3) is 0 Å². The smallest absolute Gasteiger partial charge is 0.245 e. The molecule has 1 aromatic rings. The molecular formula is C12H17ClN4O3S. The number of halogens is 1. The highest BCUT2D eigenvalue weighted by molar-refractivity contribution is 7.89. The number of nitrogens with two attached hydrogens (primary N) is 1. The monoisotopic (exact) mass is 332 g/mol. The third kappa shape index (κ3) is 2.62. The van der Waals surface area contributed by atoms with E-state index in [4.69, 9.17) is 22.2 Å². The van der Waals surface area contributed by atoms with Gasteiger partial charge in [-0.1, -0.05) is 11.6 Å². The Balaban J connectivity index is 1.94. The van der Waals surface area contributed by atoms with Gasteiger partial charge >= 0.3 is 0 Å². The van der Waals surface area contributed by atoms with Gasteiger partial charge in [-0.15, -0.1) is 0 Å². The van der Waals surface area contributed by atoms with Gasteiger partial charge in [-0.2, -0.15) is 4.31 Å². The van der Waals surface area contributed by atoms with Gasteiger partial charge in [-0.05, 0) is 25.3 Å². The van der Waals surface area contributed by atoms with E-state index in [2.05, 4.69) is 10.4 Å². The van der Waals surface area contributed by atoms with Crippen LogP contribution in [-0.2, 0) is 14.8 Å². The molecule has 1 aliphatic carbocycles. The highest BCUT2D eigenvalue weighted by Gasteiger charge is 2.42. The predicted octanol–water partition coefficient (Wildman–Crippen LogP) is 0.963. The van der Waals surface area contributed by atoms with Gasteiger partial charge in [0.1, 0.15) is 4.90 Å². The Morgan fingerprint density at radius 2 is 2.29 bits per heavy atom. The zero-order valence-corrected chi connectivity index (χ0v) is 12.9. The number of nitrogens with zero attached hydrogens (tertiary/aromatic N) is 2. The van der Waals surface area contributed by atoms with E-state index in [0.29, 0.717) is 13.2 Å². The lowest BCUT2D eigenvalue weighted by molar-refractivity contribution is -0.0241. The summed E-state index contributed by atoms with van der Waals surface area (Å²) in [7, 11) is -3.63. The van der Waals surface area contributed by atoms with Crippen LogP contribution in [0.15, 0.2) is 17.2 Å². The van der Waals surface area contributed by atoms with Crippen molar-refractivity contribution in [3.8, 4) is 0 Å². The number of pyridine rings is 1. The summed E-state index contributed by atoms with van der Waals surface area (Å²) < 4.78 is 32.8. The van der Waals surface area contributed by atoms with Crippen LogP contribution in [0.3, 0.4) is 0 Å². The highest BCUT2D eigenvalue weighted by Crippen LogP contribution is 2.34. The molecule has 1 aromatic heterocycles. The molecule has 2 atom stereocenters. The van der Waals surface area contributed by atoms with Crippen LogP contribution in [0.1, 0.15) is 19.3 Å². The molecule has 1 saturated heterocycles. The number of hydrogen-bond donors (Lipinski definition) is 2. The second-order valence-electron chi connectivity index (χ2n) is 5.17. The molecular weight excluding hydrogens is 316 g/mol. The molecule has 0 radical (unpaired) electrons. The van der Waals surface area contributed by atoms with E-state index in [1.54, 1.807) is 0 Å². The molecule has 3 rings (SSSR count). The molecule has 116 valence electrons. The third-order valence-electron chi connectivity index (χ3n) is 3.99. The molecule has 7 nitrogen and oxygen atoms in total. The highest BCUT2D eigenvalue weighted by atomic mass is 35.5. The van der Waals surface area contributed by atoms with Gasteiger partial charge in [0.05, 0.1) is 23.8 Å². The van der Waals surface area contributed by atoms with E-state index >= 15 is 0 Å². The fourth-order valence-corrected chi connectivity index (χ4v) is 4.91. The Bertz CT molecular complexity index is 639. The Morgan fingerprint density at radius 3 is 3.00 bits per heavy atom. The molecule has 1 saturated carbocycles. The molecule has 2 heterocycles. The molecule has 2 fully saturated rings. The van der Waals surface area contributed by atoms with Crippen LogP contribution in [0.5, 0.6) is 0 Å². The van der Waals surface area contributed by atoms with Crippen molar-refractivity contribution in [2.75, 3.05) is 18.6 Å². The Labute approximate surface area is 128 Å². The van der Waals surface area contributed by atoms with Crippen LogP contribution >= 0.6 is 11.6 Å². The van der Waals surface area contributed by atoms with Crippen molar-refractivity contribution in [1.29, 1.82) is 0 Å². The number of nitrogen functional groups attached to an aromatic ring is 1. The van der Waals surface area contributed by atoms with Crippen molar-refractivity contribution >= 4 is 27.4 Å². The first-order chi connectivity index (χ1) is 10.0. The largest absolute Gasteiger partial charge is 0.375 e. The molecule has 1 aliphatic heterocycles. The van der Waals surface area contributed by atoms with E-state index in [-0.39, 0.29) is 27.9 Å². The number of hydrazine groups is 1. The van der Waals surface area contributed by atoms with Crippen molar-refractivity contribution < 1.29 is 13.2 Å². The van der Waals surface area contributed by atoms with Crippen molar-refractivity contribution in [3.63, 3.8) is 0 Å². The van der Waals surface area contributed by atoms with Gasteiger partial charge in [0.15, 0.2) is 5.82 Å². The average Bonchev–Trinajstić information content (AvgIpc) is 2.95. The quantitative estimate of drug-likeness (QED) is 0.632. The van der Waals surface area contributed by atoms with Gasteiger partial charge < -0.3 is 10.2 Å². The molecule has 21 heavy (non-hydrogen) atoms. The zero-order chi connectivity index (χ0) is 15.0. The lowest BCUT2D eigenvalue weighted by atomic mass is 10.2. The van der Waals surface area contributed by atoms with E-state index in [9.17, 15) is 8.42 Å². The van der Waals surface area contributed by atoms with Crippen molar-refractivity contribution in [2.45, 2.75) is 36.3 Å². The molecule has 2 unspecified atom stereocenters. The summed E-state index contributed by atoms with van der Waals surface area (Å²) in [6, 6.07) is 1.29. The van der Waals surface area contributed by atoms with Crippen LogP contribution in [0.4, 0.5) is 5.82 Å². The Morgan fingerprint density at radius 1 is 1.48 bits per heavy atom. The summed E-state index contributed by atoms with van der Waals surface area (Å²) in [6.07, 6.45) is 3.99. The number of fused-ring (bicyclic) bond motifs is 1. The maximum Gasteiger partial charge on any atom is 0.245 e. The van der Waals surface area contributed by atoms with Gasteiger partial charge in [0.2, 0.25) is 10.0 Å². The standard InChI is InChI=1S/C12H17ClN4O3S/c13-9-6-8(7-15-12(9)16-14)21(18,19)17-4-5-20-11-3-1-2-10(11)17/h6-7,10-11H,1-5,14H2,(H,15,16). The van der Waals surface area contributed by atoms with E-state index < -0.39 is 10.0 Å². The van der Waals surface area contributed by atoms with E-state index in [1.165, 1.54) is 16.6 Å². The second-order valence-corrected chi connectivity index (χ2v) is 7.47. The first-order valence-electron chi connectivity index (χ1n) is 6.79. The summed E-state index contributed by atoms with van der Waals surface area (Å²) >= 11 is 5.97. The Hall–Kier alpha value is -0.930. The summed E-state index contributed by atoms with van der Waals surface area (Å²) in [6.45, 7) is 0.780. The summed E-state index contributed by atoms with van der Waals surface area (Å²) in [5, 5.41) is 0.176. The number of anilines is 1. The predicted molar refractivity (Wildman–Crippen MR) is 78.3 cm³/mol. The fraction of sp³-hybridized carbons (Fsp3) is 0.583. The average molecular weight is 333 g/mol. The number of sulfonamides is 1. The first kappa shape index (κ1) is 15.0. The van der Waals surface area contributed by atoms with Crippen molar-refractivity contribution in [1.82, 2.24) is 9.29 Å². The lowest BCUT2D eigenvalue weighted by Crippen LogP contribution is -2.51. The summed E-state index contributed by atoms with van der Waals surface area (Å²) in [5.41, 5.74) is 2.32. The fourth-order valence-electron chi connectivity index (χ4n) is 2.99. The van der Waals surface area contributed by atoms with Gasteiger partial charge in [0, 0.05) is 12.7 Å². The van der Waals surface area contributed by atoms with Crippen molar-refractivity contribution in [2.24, 2.45) is 5.84 Å². The second kappa shape index (κ2) is 5.69. The topological polar surface area (TPSA) is 97.5 Å². The third-order valence-corrected chi connectivity index (χ3v) is 6.17. The van der Waals surface area contributed by atoms with Crippen LogP contribution < -0.4 is 11.3 Å². The molecule has 9 heteroatoms.